The molecule has 0 unspecified atom stereocenters. The highest BCUT2D eigenvalue weighted by Crippen LogP contribution is 2.34. The van der Waals surface area contributed by atoms with E-state index >= 15 is 0 Å². The lowest BCUT2D eigenvalue weighted by Crippen LogP contribution is -2.43. The van der Waals surface area contributed by atoms with Crippen LogP contribution in [0.3, 0.4) is 0 Å². The molecule has 2 aliphatic heterocycles. The summed E-state index contributed by atoms with van der Waals surface area (Å²) in [6.45, 7) is 3.51. The molecule has 0 radical (unpaired) electrons. The zero-order valence-corrected chi connectivity index (χ0v) is 20.6. The number of hydrogen-bond acceptors (Lipinski definition) is 7. The number of carbonyl (C=O) groups excluding carboxylic acids is 2. The average Bonchev–Trinajstić information content (AvgIpc) is 3.36. The number of likely N-dealkylation sites (tertiary alicyclic amines) is 1. The Morgan fingerprint density at radius 3 is 2.71 bits per heavy atom. The van der Waals surface area contributed by atoms with Crippen molar-refractivity contribution >= 4 is 33.4 Å². The lowest BCUT2D eigenvalue weighted by atomic mass is 9.98. The average molecular weight is 496 g/mol. The lowest BCUT2D eigenvalue weighted by molar-refractivity contribution is -0.137. The Morgan fingerprint density at radius 2 is 1.91 bits per heavy atom. The summed E-state index contributed by atoms with van der Waals surface area (Å²) in [5.74, 6) is 0.984. The Kier molecular flexibility index (Phi) is 7.15. The fourth-order valence-corrected chi connectivity index (χ4v) is 5.67. The number of rotatable bonds is 6. The molecular weight excluding hydrogens is 466 g/mol. The third-order valence-corrected chi connectivity index (χ3v) is 7.69. The number of para-hydroxylation sites is 1. The van der Waals surface area contributed by atoms with Crippen LogP contribution in [0.5, 0.6) is 11.5 Å². The largest absolute Gasteiger partial charge is 0.493 e. The van der Waals surface area contributed by atoms with Gasteiger partial charge >= 0.3 is 0 Å². The molecule has 0 N–H and O–H groups in total. The van der Waals surface area contributed by atoms with Crippen molar-refractivity contribution in [3.63, 3.8) is 0 Å². The van der Waals surface area contributed by atoms with E-state index in [9.17, 15) is 9.59 Å². The van der Waals surface area contributed by atoms with Gasteiger partial charge in [0.1, 0.15) is 0 Å². The maximum absolute atomic E-state index is 13.3. The number of morpholine rings is 1. The van der Waals surface area contributed by atoms with Gasteiger partial charge in [-0.25, -0.2) is 4.98 Å². The lowest BCUT2D eigenvalue weighted by Gasteiger charge is -2.32. The van der Waals surface area contributed by atoms with Gasteiger partial charge in [0, 0.05) is 37.7 Å². The summed E-state index contributed by atoms with van der Waals surface area (Å²) in [4.78, 5) is 34.2. The molecule has 3 aromatic rings. The van der Waals surface area contributed by atoms with Crippen molar-refractivity contribution < 1.29 is 23.8 Å². The van der Waals surface area contributed by atoms with Gasteiger partial charge in [-0.05, 0) is 43.2 Å². The van der Waals surface area contributed by atoms with Gasteiger partial charge in [-0.1, -0.05) is 12.1 Å². The normalized spacial score (nSPS) is 18.5. The standard InChI is InChI=1S/C26H29N3O5S/c1-32-22-15-18(8-9-21(22)34-17-24(30)28-11-13-33-14-12-28)26(31)29-10-4-5-19(16-29)25-27-20-6-2-3-7-23(20)35-25/h2-3,6-9,15,19H,4-5,10-14,16-17H2,1H3/t19-/m0/s1. The number of carbonyl (C=O) groups is 2. The first-order valence-corrected chi connectivity index (χ1v) is 12.7. The van der Waals surface area contributed by atoms with Crippen LogP contribution in [0.4, 0.5) is 0 Å². The molecule has 2 aromatic carbocycles. The van der Waals surface area contributed by atoms with Gasteiger partial charge < -0.3 is 24.0 Å². The van der Waals surface area contributed by atoms with Gasteiger partial charge in [0.25, 0.3) is 11.8 Å². The smallest absolute Gasteiger partial charge is 0.260 e. The highest BCUT2D eigenvalue weighted by Gasteiger charge is 2.28. The number of amides is 2. The third-order valence-electron chi connectivity index (χ3n) is 6.49. The van der Waals surface area contributed by atoms with Crippen molar-refractivity contribution in [3.8, 4) is 11.5 Å². The maximum atomic E-state index is 13.3. The van der Waals surface area contributed by atoms with E-state index in [1.807, 2.05) is 23.1 Å². The summed E-state index contributed by atoms with van der Waals surface area (Å²) < 4.78 is 17.7. The van der Waals surface area contributed by atoms with Gasteiger partial charge in [-0.15, -0.1) is 11.3 Å². The fourth-order valence-electron chi connectivity index (χ4n) is 4.57. The van der Waals surface area contributed by atoms with Crippen LogP contribution in [-0.2, 0) is 9.53 Å². The third kappa shape index (κ3) is 5.26. The first-order valence-electron chi connectivity index (χ1n) is 11.9. The van der Waals surface area contributed by atoms with Crippen LogP contribution in [-0.4, -0.2) is 79.7 Å². The zero-order valence-electron chi connectivity index (χ0n) is 19.8. The molecule has 9 heteroatoms. The van der Waals surface area contributed by atoms with E-state index in [4.69, 9.17) is 19.2 Å². The molecule has 1 atom stereocenters. The van der Waals surface area contributed by atoms with Crippen molar-refractivity contribution in [1.29, 1.82) is 0 Å². The molecule has 0 aliphatic carbocycles. The molecule has 184 valence electrons. The van der Waals surface area contributed by atoms with Crippen LogP contribution in [0, 0.1) is 0 Å². The van der Waals surface area contributed by atoms with Gasteiger partial charge in [0.05, 0.1) is 35.5 Å². The van der Waals surface area contributed by atoms with E-state index in [0.717, 1.165) is 29.9 Å². The molecule has 2 fully saturated rings. The summed E-state index contributed by atoms with van der Waals surface area (Å²) in [5.41, 5.74) is 1.56. The van der Waals surface area contributed by atoms with E-state index < -0.39 is 0 Å². The topological polar surface area (TPSA) is 81.2 Å². The quantitative estimate of drug-likeness (QED) is 0.520. The summed E-state index contributed by atoms with van der Waals surface area (Å²) in [6, 6.07) is 13.3. The molecule has 0 bridgehead atoms. The molecule has 0 spiro atoms. The minimum Gasteiger partial charge on any atom is -0.493 e. The Bertz CT molecular complexity index is 1170. The minimum atomic E-state index is -0.0929. The number of hydrogen-bond donors (Lipinski definition) is 0. The molecule has 0 saturated carbocycles. The molecule has 5 rings (SSSR count). The van der Waals surface area contributed by atoms with E-state index in [1.54, 1.807) is 34.4 Å². The van der Waals surface area contributed by atoms with Gasteiger partial charge in [0.2, 0.25) is 0 Å². The van der Waals surface area contributed by atoms with E-state index in [2.05, 4.69) is 6.07 Å². The summed E-state index contributed by atoms with van der Waals surface area (Å²) in [6.07, 6.45) is 1.96. The Hall–Kier alpha value is -3.17. The molecular formula is C26H29N3O5S. The molecule has 8 nitrogen and oxygen atoms in total. The predicted octanol–water partition coefficient (Wildman–Crippen LogP) is 3.56. The number of benzene rings is 2. The molecule has 1 aromatic heterocycles. The SMILES string of the molecule is COc1cc(C(=O)N2CCC[C@H](c3nc4ccccc4s3)C2)ccc1OCC(=O)N1CCOCC1. The van der Waals surface area contributed by atoms with E-state index in [-0.39, 0.29) is 24.3 Å². The van der Waals surface area contributed by atoms with Crippen LogP contribution in [0.15, 0.2) is 42.5 Å². The van der Waals surface area contributed by atoms with Gasteiger partial charge in [-0.3, -0.25) is 9.59 Å². The zero-order chi connectivity index (χ0) is 24.2. The summed E-state index contributed by atoms with van der Waals surface area (Å²) >= 11 is 1.72. The van der Waals surface area contributed by atoms with Gasteiger partial charge in [0.15, 0.2) is 18.1 Å². The number of nitrogens with zero attached hydrogens (tertiary/aromatic N) is 3. The monoisotopic (exact) mass is 495 g/mol. The first-order chi connectivity index (χ1) is 17.1. The number of ether oxygens (including phenoxy) is 3. The van der Waals surface area contributed by atoms with Crippen LogP contribution >= 0.6 is 11.3 Å². The van der Waals surface area contributed by atoms with Crippen molar-refractivity contribution in [2.75, 3.05) is 53.1 Å². The molecule has 35 heavy (non-hydrogen) atoms. The van der Waals surface area contributed by atoms with Crippen molar-refractivity contribution in [1.82, 2.24) is 14.8 Å². The number of aromatic nitrogens is 1. The highest BCUT2D eigenvalue weighted by molar-refractivity contribution is 7.18. The first kappa shape index (κ1) is 23.6. The van der Waals surface area contributed by atoms with Crippen LogP contribution in [0.25, 0.3) is 10.2 Å². The van der Waals surface area contributed by atoms with Crippen molar-refractivity contribution in [3.05, 3.63) is 53.0 Å². The van der Waals surface area contributed by atoms with Gasteiger partial charge in [-0.2, -0.15) is 0 Å². The van der Waals surface area contributed by atoms with E-state index in [0.29, 0.717) is 49.9 Å². The van der Waals surface area contributed by atoms with Crippen molar-refractivity contribution in [2.45, 2.75) is 18.8 Å². The number of thiazole rings is 1. The number of methoxy groups -OCH3 is 1. The van der Waals surface area contributed by atoms with E-state index in [1.165, 1.54) is 11.8 Å². The van der Waals surface area contributed by atoms with Crippen LogP contribution in [0.2, 0.25) is 0 Å². The Balaban J connectivity index is 1.24. The summed E-state index contributed by atoms with van der Waals surface area (Å²) in [7, 11) is 1.53. The Labute approximate surface area is 208 Å². The predicted molar refractivity (Wildman–Crippen MR) is 133 cm³/mol. The number of piperidine rings is 1. The summed E-state index contributed by atoms with van der Waals surface area (Å²) in [5, 5.41) is 1.09. The second kappa shape index (κ2) is 10.6. The van der Waals surface area contributed by atoms with Crippen LogP contribution < -0.4 is 9.47 Å². The maximum Gasteiger partial charge on any atom is 0.260 e. The van der Waals surface area contributed by atoms with Crippen molar-refractivity contribution in [2.24, 2.45) is 0 Å². The fraction of sp³-hybridized carbons (Fsp3) is 0.423. The second-order valence-corrected chi connectivity index (χ2v) is 9.82. The molecule has 2 saturated heterocycles. The minimum absolute atomic E-state index is 0.0370. The molecule has 3 heterocycles. The second-order valence-electron chi connectivity index (χ2n) is 8.76. The molecule has 2 amide bonds. The Morgan fingerprint density at radius 1 is 1.09 bits per heavy atom. The molecule has 2 aliphatic rings. The number of fused-ring (bicyclic) bond motifs is 1. The highest BCUT2D eigenvalue weighted by atomic mass is 32.1. The van der Waals surface area contributed by atoms with Crippen LogP contribution in [0.1, 0.15) is 34.1 Å².